The third kappa shape index (κ3) is 11.5. The highest BCUT2D eigenvalue weighted by molar-refractivity contribution is 7.92. The van der Waals surface area contributed by atoms with Crippen molar-refractivity contribution in [2.45, 2.75) is 55.3 Å². The van der Waals surface area contributed by atoms with Gasteiger partial charge in [-0.2, -0.15) is 0 Å². The number of sulfonamides is 1. The molecule has 48 heavy (non-hydrogen) atoms. The van der Waals surface area contributed by atoms with E-state index in [4.69, 9.17) is 5.73 Å². The molecule has 3 rings (SSSR count). The Morgan fingerprint density at radius 3 is 1.94 bits per heavy atom. The Kier molecular flexibility index (Phi) is 14.3. The van der Waals surface area contributed by atoms with Crippen molar-refractivity contribution >= 4 is 48.1 Å². The van der Waals surface area contributed by atoms with Crippen molar-refractivity contribution < 1.29 is 47.6 Å². The van der Waals surface area contributed by atoms with Gasteiger partial charge in [0.05, 0.1) is 12.0 Å². The van der Waals surface area contributed by atoms with Gasteiger partial charge in [-0.25, -0.2) is 47.6 Å². The van der Waals surface area contributed by atoms with Crippen LogP contribution < -0.4 is 21.1 Å². The maximum Gasteiger partial charge on any atom is 0.316 e. The first kappa shape index (κ1) is 42.8. The molecule has 0 bridgehead atoms. The van der Waals surface area contributed by atoms with Gasteiger partial charge in [0.2, 0.25) is 14.9 Å². The third-order valence-electron chi connectivity index (χ3n) is 6.84. The molecule has 0 heterocycles. The molecule has 270 valence electrons. The number of nitrogens with two attached hydrogens (primary N) is 1. The molecule has 2 aromatic carbocycles. The van der Waals surface area contributed by atoms with E-state index in [0.29, 0.717) is 24.8 Å². The van der Waals surface area contributed by atoms with E-state index in [9.17, 15) is 47.6 Å². The summed E-state index contributed by atoms with van der Waals surface area (Å²) in [6, 6.07) is 8.22. The second-order valence-electron chi connectivity index (χ2n) is 11.9. The molecule has 0 aromatic heterocycles. The van der Waals surface area contributed by atoms with Crippen molar-refractivity contribution in [3.63, 3.8) is 0 Å². The number of sulfone groups is 2. The SMILES string of the molecule is CC(C)(C)c1ccc(CCNC(=O)NC2(S(C)(=O)=O)CC(F)=C(NS(C)(=O)=O)C=C2F)cc1.CS(=O)(=O)c1cc(F)c(CN)cc1F.Cl. The topological polar surface area (TPSA) is 182 Å². The number of halogens is 5. The number of rotatable bonds is 9. The predicted octanol–water partition coefficient (Wildman–Crippen LogP) is 3.80. The van der Waals surface area contributed by atoms with Gasteiger partial charge in [0, 0.05) is 37.6 Å². The van der Waals surface area contributed by atoms with Gasteiger partial charge in [0.15, 0.2) is 19.7 Å². The molecule has 0 fully saturated rings. The van der Waals surface area contributed by atoms with Crippen LogP contribution in [0.15, 0.2) is 64.7 Å². The summed E-state index contributed by atoms with van der Waals surface area (Å²) in [6.07, 6.45) is 1.94. The van der Waals surface area contributed by atoms with E-state index >= 15 is 0 Å². The van der Waals surface area contributed by atoms with Crippen LogP contribution in [0.1, 0.15) is 43.9 Å². The maximum atomic E-state index is 14.9. The van der Waals surface area contributed by atoms with Gasteiger partial charge in [-0.3, -0.25) is 4.72 Å². The number of allylic oxidation sites excluding steroid dienone is 1. The smallest absolute Gasteiger partial charge is 0.316 e. The van der Waals surface area contributed by atoms with E-state index in [0.717, 1.165) is 29.7 Å². The monoisotopic (exact) mass is 762 g/mol. The van der Waals surface area contributed by atoms with Crippen molar-refractivity contribution in [3.05, 3.63) is 88.1 Å². The molecular weight excluding hydrogens is 724 g/mol. The molecule has 2 aromatic rings. The number of carbonyl (C=O) groups excluding carboxylic acids is 1. The lowest BCUT2D eigenvalue weighted by atomic mass is 9.86. The number of benzene rings is 2. The summed E-state index contributed by atoms with van der Waals surface area (Å²) in [4.78, 5) is 9.03. The standard InChI is InChI=1S/C21H29F2N3O5S2.C8H9F2NO2S.ClH/c1-20(2,3)15-8-6-14(7-9-15)10-11-24-19(27)25-21(32(4,28)29)13-16(22)17(12-18(21)23)26-33(5,30)31;1-14(12,13)8-3-6(9)5(4-11)2-7(8)10;/h6-9,12,26H,10-11,13H2,1-5H3,(H2,24,25,27);2-3H,4,11H2,1H3;1H. The Bertz CT molecular complexity index is 1900. The Morgan fingerprint density at radius 1 is 0.917 bits per heavy atom. The van der Waals surface area contributed by atoms with Crippen LogP contribution >= 0.6 is 12.4 Å². The van der Waals surface area contributed by atoms with Crippen molar-refractivity contribution in [2.75, 3.05) is 25.3 Å². The molecule has 5 N–H and O–H groups in total. The van der Waals surface area contributed by atoms with Gasteiger partial charge in [-0.05, 0) is 41.2 Å². The largest absolute Gasteiger partial charge is 0.338 e. The van der Waals surface area contributed by atoms with Gasteiger partial charge in [0.1, 0.15) is 28.2 Å². The number of nitrogens with one attached hydrogen (secondary N) is 3. The molecule has 0 spiro atoms. The first-order chi connectivity index (χ1) is 21.3. The average molecular weight is 763 g/mol. The number of urea groups is 1. The van der Waals surface area contributed by atoms with E-state index < -0.39 is 80.9 Å². The zero-order chi connectivity index (χ0) is 36.2. The summed E-state index contributed by atoms with van der Waals surface area (Å²) in [7, 11) is -12.1. The fourth-order valence-corrected chi connectivity index (χ4v) is 6.62. The molecule has 1 aliphatic rings. The highest BCUT2D eigenvalue weighted by Gasteiger charge is 2.50. The summed E-state index contributed by atoms with van der Waals surface area (Å²) in [5.74, 6) is -4.43. The lowest BCUT2D eigenvalue weighted by molar-refractivity contribution is 0.232. The van der Waals surface area contributed by atoms with Crippen molar-refractivity contribution in [2.24, 2.45) is 5.73 Å². The number of hydrogen-bond acceptors (Lipinski definition) is 8. The van der Waals surface area contributed by atoms with Gasteiger partial charge < -0.3 is 16.4 Å². The third-order valence-corrected chi connectivity index (χ3v) is 10.2. The Labute approximate surface area is 284 Å². The minimum absolute atomic E-state index is 0. The summed E-state index contributed by atoms with van der Waals surface area (Å²) in [6.45, 7) is 6.20. The van der Waals surface area contributed by atoms with Crippen LogP contribution in [0.5, 0.6) is 0 Å². The highest BCUT2D eigenvalue weighted by atomic mass is 35.5. The maximum absolute atomic E-state index is 14.9. The predicted molar refractivity (Wildman–Crippen MR) is 177 cm³/mol. The molecule has 0 saturated heterocycles. The normalized spacial score (nSPS) is 16.9. The Morgan fingerprint density at radius 2 is 1.48 bits per heavy atom. The van der Waals surface area contributed by atoms with Crippen LogP contribution in [0.4, 0.5) is 22.4 Å². The zero-order valence-corrected chi connectivity index (χ0v) is 30.2. The van der Waals surface area contributed by atoms with Crippen molar-refractivity contribution in [1.82, 2.24) is 15.4 Å². The van der Waals surface area contributed by atoms with Crippen LogP contribution in [-0.2, 0) is 48.1 Å². The van der Waals surface area contributed by atoms with Crippen LogP contribution in [-0.4, -0.2) is 61.5 Å². The molecule has 1 aliphatic carbocycles. The average Bonchev–Trinajstić information content (AvgIpc) is 2.90. The molecule has 19 heteroatoms. The zero-order valence-electron chi connectivity index (χ0n) is 26.9. The number of hydrogen-bond donors (Lipinski definition) is 4. The molecule has 1 atom stereocenters. The molecule has 1 unspecified atom stereocenters. The summed E-state index contributed by atoms with van der Waals surface area (Å²) in [5, 5.41) is 4.47. The first-order valence-corrected chi connectivity index (χ1v) is 19.5. The van der Waals surface area contributed by atoms with Gasteiger partial charge >= 0.3 is 6.03 Å². The summed E-state index contributed by atoms with van der Waals surface area (Å²) >= 11 is 0. The number of amides is 2. The Hall–Kier alpha value is -3.19. The quantitative estimate of drug-likeness (QED) is 0.279. The van der Waals surface area contributed by atoms with E-state index in [1.54, 1.807) is 4.72 Å². The van der Waals surface area contributed by atoms with Gasteiger partial charge in [-0.1, -0.05) is 45.0 Å². The van der Waals surface area contributed by atoms with E-state index in [2.05, 4.69) is 26.1 Å². The Balaban J connectivity index is 0.000000643. The number of carbonyl (C=O) groups is 1. The van der Waals surface area contributed by atoms with E-state index in [1.165, 1.54) is 0 Å². The summed E-state index contributed by atoms with van der Waals surface area (Å²) < 4.78 is 127. The highest BCUT2D eigenvalue weighted by Crippen LogP contribution is 2.37. The lowest BCUT2D eigenvalue weighted by Gasteiger charge is -2.33. The fraction of sp³-hybridized carbons (Fsp3) is 0.414. The molecule has 0 radical (unpaired) electrons. The molecule has 2 amide bonds. The van der Waals surface area contributed by atoms with Gasteiger partial charge in [0.25, 0.3) is 0 Å². The van der Waals surface area contributed by atoms with Crippen LogP contribution in [0, 0.1) is 11.6 Å². The molecule has 0 aliphatic heterocycles. The van der Waals surface area contributed by atoms with Crippen molar-refractivity contribution in [3.8, 4) is 0 Å². The molecule has 0 saturated carbocycles. The van der Waals surface area contributed by atoms with E-state index in [-0.39, 0.29) is 36.5 Å². The van der Waals surface area contributed by atoms with Crippen molar-refractivity contribution in [1.29, 1.82) is 0 Å². The van der Waals surface area contributed by atoms with Crippen LogP contribution in [0.2, 0.25) is 0 Å². The van der Waals surface area contributed by atoms with Gasteiger partial charge in [-0.15, -0.1) is 12.4 Å². The fourth-order valence-electron chi connectivity index (χ4n) is 4.24. The second kappa shape index (κ2) is 16.0. The summed E-state index contributed by atoms with van der Waals surface area (Å²) in [5.41, 5.74) is 6.42. The minimum atomic E-state index is -4.39. The first-order valence-electron chi connectivity index (χ1n) is 13.8. The molecular formula is C29H39ClF4N4O7S3. The van der Waals surface area contributed by atoms with Crippen LogP contribution in [0.25, 0.3) is 0 Å². The van der Waals surface area contributed by atoms with E-state index in [1.807, 2.05) is 29.6 Å². The minimum Gasteiger partial charge on any atom is -0.338 e. The lowest BCUT2D eigenvalue weighted by Crippen LogP contribution is -2.58. The van der Waals surface area contributed by atoms with Crippen LogP contribution in [0.3, 0.4) is 0 Å². The molecule has 11 nitrogen and oxygen atoms in total. The second-order valence-corrected chi connectivity index (χ2v) is 17.9.